The fourth-order valence-electron chi connectivity index (χ4n) is 5.11. The van der Waals surface area contributed by atoms with Crippen molar-refractivity contribution >= 4 is 33.3 Å². The molecule has 0 atom stereocenters. The highest BCUT2D eigenvalue weighted by Gasteiger charge is 2.44. The molecule has 0 aliphatic rings. The Balaban J connectivity index is 0.000000229. The van der Waals surface area contributed by atoms with Gasteiger partial charge in [0.2, 0.25) is 0 Å². The highest BCUT2D eigenvalue weighted by atomic mass is 32.2. The molecule has 41 heavy (non-hydrogen) atoms. The lowest BCUT2D eigenvalue weighted by Crippen LogP contribution is -2.33. The zero-order valence-corrected chi connectivity index (χ0v) is 27.0. The summed E-state index contributed by atoms with van der Waals surface area (Å²) in [7, 11) is -6.10. The van der Waals surface area contributed by atoms with Crippen molar-refractivity contribution in [2.45, 2.75) is 70.6 Å². The molecule has 0 amide bonds. The summed E-state index contributed by atoms with van der Waals surface area (Å²) in [5.41, 5.74) is 0.0268. The van der Waals surface area contributed by atoms with E-state index < -0.39 is 28.2 Å². The molecule has 4 aromatic carbocycles. The number of hydrogen-bond acceptors (Lipinski definition) is 4. The van der Waals surface area contributed by atoms with Gasteiger partial charge in [-0.2, -0.15) is 0 Å². The maximum absolute atomic E-state index is 11.3. The van der Waals surface area contributed by atoms with Gasteiger partial charge in [0.05, 0.1) is 11.1 Å². The molecule has 0 saturated heterocycles. The van der Waals surface area contributed by atoms with E-state index in [0.717, 1.165) is 0 Å². The van der Waals surface area contributed by atoms with Crippen LogP contribution in [0.3, 0.4) is 0 Å². The molecule has 0 spiro atoms. The quantitative estimate of drug-likeness (QED) is 0.189. The highest BCUT2D eigenvalue weighted by molar-refractivity contribution is 7.95. The molecule has 0 aromatic heterocycles. The van der Waals surface area contributed by atoms with E-state index in [9.17, 15) is 18.1 Å². The van der Waals surface area contributed by atoms with Crippen LogP contribution in [-0.4, -0.2) is 24.2 Å². The third kappa shape index (κ3) is 7.65. The smallest absolute Gasteiger partial charge is 0.124 e. The second-order valence-electron chi connectivity index (χ2n) is 12.4. The van der Waals surface area contributed by atoms with Gasteiger partial charge in [-0.15, -0.1) is 0 Å². The third-order valence-electron chi connectivity index (χ3n) is 7.14. The average Bonchev–Trinajstić information content (AvgIpc) is 2.92. The molecule has 218 valence electrons. The fraction of sp³-hybridized carbons (Fsp3) is 0.314. The predicted molar refractivity (Wildman–Crippen MR) is 174 cm³/mol. The van der Waals surface area contributed by atoms with E-state index >= 15 is 0 Å². The van der Waals surface area contributed by atoms with Gasteiger partial charge in [0.25, 0.3) is 0 Å². The molecule has 1 N–H and O–H groups in total. The Morgan fingerprint density at radius 1 is 0.659 bits per heavy atom. The van der Waals surface area contributed by atoms with Gasteiger partial charge >= 0.3 is 0 Å². The van der Waals surface area contributed by atoms with Crippen LogP contribution in [0.5, 0.6) is 5.75 Å². The zero-order chi connectivity index (χ0) is 30.5. The van der Waals surface area contributed by atoms with Crippen molar-refractivity contribution < 1.29 is 18.1 Å². The summed E-state index contributed by atoms with van der Waals surface area (Å²) in [6.45, 7) is 13.4. The summed E-state index contributed by atoms with van der Waals surface area (Å²) >= 11 is 0. The molecule has 4 nitrogen and oxygen atoms in total. The van der Waals surface area contributed by atoms with E-state index in [-0.39, 0.29) is 10.6 Å². The van der Waals surface area contributed by atoms with Crippen molar-refractivity contribution in [3.8, 4) is 5.75 Å². The van der Waals surface area contributed by atoms with Gasteiger partial charge in [0.15, 0.2) is 0 Å². The van der Waals surface area contributed by atoms with Crippen LogP contribution in [0.2, 0.25) is 0 Å². The van der Waals surface area contributed by atoms with E-state index in [2.05, 4.69) is 97.9 Å². The number of phenolic OH excluding ortho intramolecular Hbond substituents is 1. The van der Waals surface area contributed by atoms with Crippen LogP contribution >= 0.6 is 7.26 Å². The third-order valence-corrected chi connectivity index (χ3v) is 12.6. The van der Waals surface area contributed by atoms with E-state index in [1.165, 1.54) is 40.6 Å². The van der Waals surface area contributed by atoms with E-state index in [4.69, 9.17) is 0 Å². The lowest BCUT2D eigenvalue weighted by atomic mass is 9.79. The topological polar surface area (TPSA) is 77.4 Å². The largest absolute Gasteiger partial charge is 0.744 e. The van der Waals surface area contributed by atoms with Gasteiger partial charge in [-0.05, 0) is 65.8 Å². The molecule has 0 aliphatic carbocycles. The van der Waals surface area contributed by atoms with Crippen molar-refractivity contribution in [3.63, 3.8) is 0 Å². The number of aromatic hydroxyl groups is 1. The zero-order valence-electron chi connectivity index (χ0n) is 25.3. The summed E-state index contributed by atoms with van der Waals surface area (Å²) in [5.74, 6) is 0.0624. The minimum absolute atomic E-state index is 0.0624. The summed E-state index contributed by atoms with van der Waals surface area (Å²) in [6, 6.07) is 35.8. The average molecular weight is 591 g/mol. The van der Waals surface area contributed by atoms with Gasteiger partial charge in [0.1, 0.15) is 39.0 Å². The van der Waals surface area contributed by atoms with Crippen molar-refractivity contribution in [1.29, 1.82) is 0 Å². The first kappa shape index (κ1) is 32.5. The summed E-state index contributed by atoms with van der Waals surface area (Å²) < 4.78 is 33.8. The molecule has 0 saturated carbocycles. The first-order valence-electron chi connectivity index (χ1n) is 14.0. The Morgan fingerprint density at radius 3 is 1.22 bits per heavy atom. The first-order valence-corrected chi connectivity index (χ1v) is 17.4. The van der Waals surface area contributed by atoms with Gasteiger partial charge in [-0.25, -0.2) is 8.42 Å². The predicted octanol–water partition coefficient (Wildman–Crippen LogP) is 7.28. The molecule has 0 unspecified atom stereocenters. The van der Waals surface area contributed by atoms with E-state index in [1.54, 1.807) is 0 Å². The number of rotatable bonds is 6. The van der Waals surface area contributed by atoms with Crippen molar-refractivity contribution in [2.75, 3.05) is 6.16 Å². The highest BCUT2D eigenvalue weighted by Crippen LogP contribution is 2.55. The fourth-order valence-corrected chi connectivity index (χ4v) is 10.0. The molecule has 0 aliphatic heterocycles. The van der Waals surface area contributed by atoms with Crippen LogP contribution in [0, 0.1) is 0 Å². The Bertz CT molecular complexity index is 1390. The Labute approximate surface area is 247 Å². The van der Waals surface area contributed by atoms with E-state index in [1.807, 2.05) is 41.5 Å². The lowest BCUT2D eigenvalue weighted by Gasteiger charge is -2.28. The second kappa shape index (κ2) is 12.9. The van der Waals surface area contributed by atoms with Crippen LogP contribution in [-0.2, 0) is 20.9 Å². The van der Waals surface area contributed by atoms with Crippen LogP contribution in [0.25, 0.3) is 0 Å². The Hall–Kier alpha value is -2.98. The van der Waals surface area contributed by atoms with Crippen LogP contribution < -0.4 is 15.9 Å². The molecule has 0 radical (unpaired) electrons. The summed E-state index contributed by atoms with van der Waals surface area (Å²) in [5, 5.41) is 14.8. The molecule has 0 heterocycles. The Kier molecular flexibility index (Phi) is 10.2. The Morgan fingerprint density at radius 2 is 0.976 bits per heavy atom. The van der Waals surface area contributed by atoms with Gasteiger partial charge in [0, 0.05) is 11.1 Å². The molecule has 4 aromatic rings. The SMILES string of the molecule is CC(C)(C)c1cc(S(=O)(=O)[O-])cc(C(C)(C)C)c1O.CCC[P+](c1ccccc1)(c1ccccc1)c1ccccc1. The summed E-state index contributed by atoms with van der Waals surface area (Å²) in [6.07, 6.45) is 2.40. The normalized spacial score (nSPS) is 12.4. The van der Waals surface area contributed by atoms with Crippen LogP contribution in [0.1, 0.15) is 66.0 Å². The second-order valence-corrected chi connectivity index (χ2v) is 17.4. The number of hydrogen-bond donors (Lipinski definition) is 1. The minimum Gasteiger partial charge on any atom is -0.744 e. The van der Waals surface area contributed by atoms with Crippen molar-refractivity contribution in [3.05, 3.63) is 114 Å². The maximum atomic E-state index is 11.3. The van der Waals surface area contributed by atoms with Crippen molar-refractivity contribution in [1.82, 2.24) is 0 Å². The first-order chi connectivity index (χ1) is 19.1. The molecular formula is C35H43O4PS. The van der Waals surface area contributed by atoms with Gasteiger partial charge < -0.3 is 9.66 Å². The standard InChI is InChI=1S/C21H22P.C14H22O4S/c1-2-18-22(19-12-6-3-7-13-19,20-14-8-4-9-15-20)21-16-10-5-11-17-21;1-13(2,3)10-7-9(19(16,17)18)8-11(12(10)15)14(4,5)6/h3-17H,2,18H2,1H3;7-8,15H,1-6H3,(H,16,17,18)/q+1;/p-1. The van der Waals surface area contributed by atoms with Gasteiger partial charge in [-0.3, -0.25) is 0 Å². The molecular weight excluding hydrogens is 547 g/mol. The minimum atomic E-state index is -4.55. The molecule has 4 rings (SSSR count). The molecule has 0 fully saturated rings. The monoisotopic (exact) mass is 590 g/mol. The van der Waals surface area contributed by atoms with Crippen LogP contribution in [0.15, 0.2) is 108 Å². The summed E-state index contributed by atoms with van der Waals surface area (Å²) in [4.78, 5) is -0.292. The van der Waals surface area contributed by atoms with Crippen LogP contribution in [0.4, 0.5) is 0 Å². The lowest BCUT2D eigenvalue weighted by molar-refractivity contribution is 0.420. The molecule has 6 heteroatoms. The van der Waals surface area contributed by atoms with Gasteiger partial charge in [-0.1, -0.05) is 103 Å². The maximum Gasteiger partial charge on any atom is 0.124 e. The number of benzene rings is 4. The van der Waals surface area contributed by atoms with E-state index in [0.29, 0.717) is 11.1 Å². The van der Waals surface area contributed by atoms with Crippen molar-refractivity contribution in [2.24, 2.45) is 0 Å². The molecule has 0 bridgehead atoms. The number of phenols is 1.